The first-order valence-electron chi connectivity index (χ1n) is 12.8. The summed E-state index contributed by atoms with van der Waals surface area (Å²) in [5.41, 5.74) is 0.354. The number of ether oxygens (including phenoxy) is 1. The van der Waals surface area contributed by atoms with Crippen LogP contribution in [0.3, 0.4) is 0 Å². The fourth-order valence-electron chi connectivity index (χ4n) is 4.47. The van der Waals surface area contributed by atoms with Gasteiger partial charge in [0.05, 0.1) is 12.2 Å². The van der Waals surface area contributed by atoms with Gasteiger partial charge < -0.3 is 14.5 Å². The molecular formula is C28H39F2N3O2. The molecule has 7 heteroatoms. The second-order valence-corrected chi connectivity index (χ2v) is 10.1. The Bertz CT molecular complexity index is 952. The number of piperidine rings is 1. The van der Waals surface area contributed by atoms with Crippen LogP contribution in [0.25, 0.3) is 11.1 Å². The van der Waals surface area contributed by atoms with E-state index in [4.69, 9.17) is 4.74 Å². The van der Waals surface area contributed by atoms with Gasteiger partial charge in [0.2, 0.25) is 5.88 Å². The molecule has 0 bridgehead atoms. The molecule has 2 heterocycles. The topological polar surface area (TPSA) is 45.7 Å². The molecule has 0 N–H and O–H groups in total. The molecule has 1 saturated heterocycles. The van der Waals surface area contributed by atoms with Crippen molar-refractivity contribution in [3.8, 4) is 17.0 Å². The molecule has 0 unspecified atom stereocenters. The summed E-state index contributed by atoms with van der Waals surface area (Å²) >= 11 is 0. The van der Waals surface area contributed by atoms with Crippen LogP contribution in [0.2, 0.25) is 0 Å². The molecule has 35 heavy (non-hydrogen) atoms. The summed E-state index contributed by atoms with van der Waals surface area (Å²) in [6, 6.07) is 8.35. The van der Waals surface area contributed by atoms with Gasteiger partial charge in [0.1, 0.15) is 11.5 Å². The van der Waals surface area contributed by atoms with Crippen LogP contribution in [0.15, 0.2) is 36.5 Å². The summed E-state index contributed by atoms with van der Waals surface area (Å²) in [7, 11) is 0. The molecular weight excluding hydrogens is 448 g/mol. The Kier molecular flexibility index (Phi) is 9.61. The summed E-state index contributed by atoms with van der Waals surface area (Å²) in [6.07, 6.45) is 5.50. The Morgan fingerprint density at radius 2 is 1.89 bits per heavy atom. The van der Waals surface area contributed by atoms with Crippen LogP contribution in [0, 0.1) is 11.7 Å². The first-order chi connectivity index (χ1) is 16.7. The number of pyridine rings is 1. The normalized spacial score (nSPS) is 15.3. The summed E-state index contributed by atoms with van der Waals surface area (Å²) in [6.45, 7) is 11.2. The van der Waals surface area contributed by atoms with Crippen LogP contribution in [0.4, 0.5) is 8.78 Å². The molecule has 192 valence electrons. The number of benzene rings is 1. The maximum absolute atomic E-state index is 14.8. The van der Waals surface area contributed by atoms with Crippen LogP contribution in [0.5, 0.6) is 5.88 Å². The highest BCUT2D eigenvalue weighted by Gasteiger charge is 2.25. The van der Waals surface area contributed by atoms with E-state index in [0.717, 1.165) is 44.3 Å². The molecule has 1 fully saturated rings. The number of likely N-dealkylation sites (tertiary alicyclic amines) is 1. The standard InChI is InChI=1S/C28H39F2N3O2/c1-5-7-14-33(6-2)27(34)24-10-8-22(17-25(24)29)23-9-11-26(31-18-23)35-19-21-12-15-32(16-13-21)20-28(3,4)30/h8-11,17-18,21H,5-7,12-16,19-20H2,1-4H3. The molecule has 0 atom stereocenters. The fraction of sp³-hybridized carbons (Fsp3) is 0.571. The molecule has 3 rings (SSSR count). The van der Waals surface area contributed by atoms with Crippen LogP contribution in [-0.2, 0) is 0 Å². The number of unbranched alkanes of at least 4 members (excludes halogenated alkanes) is 1. The largest absolute Gasteiger partial charge is 0.477 e. The third-order valence-corrected chi connectivity index (χ3v) is 6.49. The minimum atomic E-state index is -1.17. The Morgan fingerprint density at radius 1 is 1.17 bits per heavy atom. The van der Waals surface area contributed by atoms with Crippen molar-refractivity contribution >= 4 is 5.91 Å². The second-order valence-electron chi connectivity index (χ2n) is 10.1. The van der Waals surface area contributed by atoms with Crippen molar-refractivity contribution in [1.82, 2.24) is 14.8 Å². The number of hydrogen-bond donors (Lipinski definition) is 0. The van der Waals surface area contributed by atoms with Crippen molar-refractivity contribution in [3.05, 3.63) is 47.9 Å². The maximum Gasteiger partial charge on any atom is 0.256 e. The SMILES string of the molecule is CCCCN(CC)C(=O)c1ccc(-c2ccc(OCC3CCN(CC(C)(C)F)CC3)nc2)cc1F. The number of amides is 1. The van der Waals surface area contributed by atoms with E-state index in [0.29, 0.717) is 43.6 Å². The van der Waals surface area contributed by atoms with Gasteiger partial charge in [0, 0.05) is 37.5 Å². The minimum absolute atomic E-state index is 0.0979. The molecule has 2 aromatic rings. The average Bonchev–Trinajstić information content (AvgIpc) is 2.83. The van der Waals surface area contributed by atoms with E-state index >= 15 is 0 Å². The number of alkyl halides is 1. The zero-order valence-corrected chi connectivity index (χ0v) is 21.5. The number of carbonyl (C=O) groups is 1. The fourth-order valence-corrected chi connectivity index (χ4v) is 4.47. The molecule has 1 aromatic carbocycles. The van der Waals surface area contributed by atoms with E-state index in [-0.39, 0.29) is 11.5 Å². The lowest BCUT2D eigenvalue weighted by Crippen LogP contribution is -2.41. The molecule has 0 saturated carbocycles. The van der Waals surface area contributed by atoms with Crippen LogP contribution in [-0.4, -0.2) is 65.7 Å². The quantitative estimate of drug-likeness (QED) is 0.391. The highest BCUT2D eigenvalue weighted by Crippen LogP contribution is 2.25. The minimum Gasteiger partial charge on any atom is -0.477 e. The Hall–Kier alpha value is -2.54. The number of aromatic nitrogens is 1. The Morgan fingerprint density at radius 3 is 2.46 bits per heavy atom. The molecule has 1 aliphatic heterocycles. The number of hydrogen-bond acceptors (Lipinski definition) is 4. The maximum atomic E-state index is 14.8. The summed E-state index contributed by atoms with van der Waals surface area (Å²) < 4.78 is 34.5. The van der Waals surface area contributed by atoms with Gasteiger partial charge in [0.15, 0.2) is 0 Å². The second kappa shape index (κ2) is 12.4. The molecule has 1 aliphatic rings. The lowest BCUT2D eigenvalue weighted by molar-refractivity contribution is 0.0757. The van der Waals surface area contributed by atoms with E-state index < -0.39 is 11.5 Å². The predicted molar refractivity (Wildman–Crippen MR) is 136 cm³/mol. The van der Waals surface area contributed by atoms with Crippen molar-refractivity contribution in [2.24, 2.45) is 5.92 Å². The molecule has 1 amide bonds. The molecule has 0 radical (unpaired) electrons. The van der Waals surface area contributed by atoms with E-state index in [1.54, 1.807) is 43.1 Å². The van der Waals surface area contributed by atoms with Gasteiger partial charge in [-0.25, -0.2) is 13.8 Å². The lowest BCUT2D eigenvalue weighted by Gasteiger charge is -2.34. The van der Waals surface area contributed by atoms with Crippen molar-refractivity contribution in [3.63, 3.8) is 0 Å². The third kappa shape index (κ3) is 7.99. The first-order valence-corrected chi connectivity index (χ1v) is 12.8. The van der Waals surface area contributed by atoms with Gasteiger partial charge in [-0.15, -0.1) is 0 Å². The van der Waals surface area contributed by atoms with E-state index in [2.05, 4.69) is 16.8 Å². The van der Waals surface area contributed by atoms with Crippen molar-refractivity contribution < 1.29 is 18.3 Å². The predicted octanol–water partition coefficient (Wildman–Crippen LogP) is 5.99. The first kappa shape index (κ1) is 27.1. The summed E-state index contributed by atoms with van der Waals surface area (Å²) in [4.78, 5) is 21.0. The summed E-state index contributed by atoms with van der Waals surface area (Å²) in [5, 5.41) is 0. The zero-order chi connectivity index (χ0) is 25.4. The summed E-state index contributed by atoms with van der Waals surface area (Å²) in [5.74, 6) is 0.161. The van der Waals surface area contributed by atoms with Gasteiger partial charge >= 0.3 is 0 Å². The highest BCUT2D eigenvalue weighted by atomic mass is 19.1. The van der Waals surface area contributed by atoms with Crippen LogP contribution >= 0.6 is 0 Å². The smallest absolute Gasteiger partial charge is 0.256 e. The van der Waals surface area contributed by atoms with E-state index in [1.165, 1.54) is 6.07 Å². The molecule has 0 aliphatic carbocycles. The van der Waals surface area contributed by atoms with E-state index in [9.17, 15) is 13.6 Å². The Labute approximate surface area is 208 Å². The zero-order valence-electron chi connectivity index (χ0n) is 21.5. The lowest BCUT2D eigenvalue weighted by atomic mass is 9.97. The van der Waals surface area contributed by atoms with Gasteiger partial charge in [-0.05, 0) is 82.8 Å². The van der Waals surface area contributed by atoms with Gasteiger partial charge in [-0.2, -0.15) is 0 Å². The highest BCUT2D eigenvalue weighted by molar-refractivity contribution is 5.95. The Balaban J connectivity index is 1.54. The van der Waals surface area contributed by atoms with Crippen molar-refractivity contribution in [2.45, 2.75) is 59.0 Å². The van der Waals surface area contributed by atoms with Gasteiger partial charge in [0.25, 0.3) is 5.91 Å². The van der Waals surface area contributed by atoms with Crippen LogP contribution < -0.4 is 4.74 Å². The number of rotatable bonds is 11. The van der Waals surface area contributed by atoms with E-state index in [1.807, 2.05) is 13.0 Å². The average molecular weight is 488 g/mol. The third-order valence-electron chi connectivity index (χ3n) is 6.49. The molecule has 1 aromatic heterocycles. The van der Waals surface area contributed by atoms with Crippen molar-refractivity contribution in [2.75, 3.05) is 39.3 Å². The number of carbonyl (C=O) groups excluding carboxylic acids is 1. The van der Waals surface area contributed by atoms with Gasteiger partial charge in [-0.3, -0.25) is 4.79 Å². The molecule has 5 nitrogen and oxygen atoms in total. The number of halogens is 2. The van der Waals surface area contributed by atoms with Crippen molar-refractivity contribution in [1.29, 1.82) is 0 Å². The monoisotopic (exact) mass is 487 g/mol. The van der Waals surface area contributed by atoms with Crippen LogP contribution in [0.1, 0.15) is 63.7 Å². The van der Waals surface area contributed by atoms with Gasteiger partial charge in [-0.1, -0.05) is 19.4 Å². The molecule has 0 spiro atoms. The number of nitrogens with zero attached hydrogens (tertiary/aromatic N) is 3.